The summed E-state index contributed by atoms with van der Waals surface area (Å²) in [5, 5.41) is 4.15. The minimum Gasteiger partial charge on any atom is -0.286 e. The SMILES string of the molecule is Cc1cc(F)c(C2(C(F)(F)F)N=NC(NC(=O)C(F)(F)F)=N2)cc1C(SC(c1cc(C2(C(F)(F)F)N=NC(NC(=O)C(F)(F)F)=N2)c(F)cc1C)C(F)(F)F)C(F)(F)F. The number of alkyl halides is 18. The molecule has 0 spiro atoms. The van der Waals surface area contributed by atoms with E-state index in [9.17, 15) is 88.6 Å². The Morgan fingerprint density at radius 2 is 0.864 bits per heavy atom. The van der Waals surface area contributed by atoms with Gasteiger partial charge in [-0.2, -0.15) is 79.0 Å². The van der Waals surface area contributed by atoms with Crippen LogP contribution in [0, 0.1) is 25.5 Å². The summed E-state index contributed by atoms with van der Waals surface area (Å²) in [6.45, 7) is 1.07. The Morgan fingerprint density at radius 3 is 1.12 bits per heavy atom. The van der Waals surface area contributed by atoms with Gasteiger partial charge < -0.3 is 0 Å². The first kappa shape index (κ1) is 46.6. The molecule has 2 heterocycles. The molecule has 0 bridgehead atoms. The fourth-order valence-electron chi connectivity index (χ4n) is 5.13. The first-order valence-corrected chi connectivity index (χ1v) is 15.8. The number of guanidine groups is 2. The molecular formula is C28H14F20N8O2S. The zero-order valence-corrected chi connectivity index (χ0v) is 28.7. The maximum Gasteiger partial charge on any atom is 0.471 e. The number of thioether (sulfide) groups is 1. The number of halogens is 20. The predicted octanol–water partition coefficient (Wildman–Crippen LogP) is 9.65. The molecule has 10 nitrogen and oxygen atoms in total. The number of nitrogens with zero attached hydrogens (tertiary/aromatic N) is 6. The number of aryl methyl sites for hydroxylation is 2. The monoisotopic (exact) mass is 906 g/mol. The minimum atomic E-state index is -6.13. The third-order valence-electron chi connectivity index (χ3n) is 7.76. The molecule has 2 aliphatic rings. The van der Waals surface area contributed by atoms with Crippen molar-refractivity contribution in [2.75, 3.05) is 0 Å². The van der Waals surface area contributed by atoms with Gasteiger partial charge in [0.05, 0.1) is 0 Å². The van der Waals surface area contributed by atoms with Crippen LogP contribution in [-0.4, -0.2) is 60.8 Å². The zero-order chi connectivity index (χ0) is 45.3. The van der Waals surface area contributed by atoms with E-state index in [1.54, 1.807) is 0 Å². The van der Waals surface area contributed by atoms with Crippen molar-refractivity contribution >= 4 is 35.5 Å². The van der Waals surface area contributed by atoms with E-state index >= 15 is 8.78 Å². The Kier molecular flexibility index (Phi) is 11.7. The second-order valence-electron chi connectivity index (χ2n) is 11.9. The summed E-state index contributed by atoms with van der Waals surface area (Å²) in [4.78, 5) is 27.7. The number of benzene rings is 2. The molecule has 0 fully saturated rings. The largest absolute Gasteiger partial charge is 0.471 e. The van der Waals surface area contributed by atoms with Crippen LogP contribution in [0.5, 0.6) is 0 Å². The number of rotatable bonds is 6. The molecule has 4 unspecified atom stereocenters. The van der Waals surface area contributed by atoms with Gasteiger partial charge >= 0.3 is 48.9 Å². The van der Waals surface area contributed by atoms with E-state index in [-0.39, 0.29) is 24.3 Å². The number of aliphatic imine (C=N–C) groups is 2. The van der Waals surface area contributed by atoms with Crippen LogP contribution >= 0.6 is 11.8 Å². The van der Waals surface area contributed by atoms with Gasteiger partial charge in [0.1, 0.15) is 22.1 Å². The van der Waals surface area contributed by atoms with Crippen LogP contribution in [0.3, 0.4) is 0 Å². The Morgan fingerprint density at radius 1 is 0.559 bits per heavy atom. The average Bonchev–Trinajstić information content (AvgIpc) is 3.66. The van der Waals surface area contributed by atoms with E-state index in [0.29, 0.717) is 13.8 Å². The van der Waals surface area contributed by atoms with E-state index in [4.69, 9.17) is 0 Å². The van der Waals surface area contributed by atoms with Gasteiger partial charge in [0.15, 0.2) is 0 Å². The van der Waals surface area contributed by atoms with Gasteiger partial charge in [0.2, 0.25) is 11.9 Å². The summed E-state index contributed by atoms with van der Waals surface area (Å²) < 4.78 is 282. The Hall–Kier alpha value is -5.13. The number of hydrogen-bond donors (Lipinski definition) is 2. The van der Waals surface area contributed by atoms with Crippen LogP contribution in [0.1, 0.15) is 43.9 Å². The van der Waals surface area contributed by atoms with E-state index in [1.807, 2.05) is 0 Å². The predicted molar refractivity (Wildman–Crippen MR) is 156 cm³/mol. The van der Waals surface area contributed by atoms with Crippen molar-refractivity contribution in [3.8, 4) is 0 Å². The van der Waals surface area contributed by atoms with Gasteiger partial charge in [-0.1, -0.05) is 0 Å². The molecule has 0 radical (unpaired) electrons. The van der Waals surface area contributed by atoms with Crippen LogP contribution < -0.4 is 10.6 Å². The highest BCUT2D eigenvalue weighted by Crippen LogP contribution is 2.58. The molecule has 2 aromatic carbocycles. The molecule has 2 amide bonds. The lowest BCUT2D eigenvalue weighted by Crippen LogP contribution is -2.42. The van der Waals surface area contributed by atoms with E-state index in [2.05, 4.69) is 30.4 Å². The summed E-state index contributed by atoms with van der Waals surface area (Å²) in [6.07, 6.45) is -35.9. The molecule has 4 atom stereocenters. The lowest BCUT2D eigenvalue weighted by molar-refractivity contribution is -0.187. The van der Waals surface area contributed by atoms with Crippen molar-refractivity contribution < 1.29 is 97.4 Å². The second kappa shape index (κ2) is 14.9. The third-order valence-corrected chi connectivity index (χ3v) is 9.35. The van der Waals surface area contributed by atoms with Crippen molar-refractivity contribution in [3.63, 3.8) is 0 Å². The molecule has 0 saturated carbocycles. The quantitative estimate of drug-likeness (QED) is 0.280. The van der Waals surface area contributed by atoms with Crippen LogP contribution in [0.15, 0.2) is 54.7 Å². The lowest BCUT2D eigenvalue weighted by atomic mass is 9.93. The van der Waals surface area contributed by atoms with Gasteiger partial charge in [-0.15, -0.1) is 32.2 Å². The molecule has 0 saturated heterocycles. The summed E-state index contributed by atoms with van der Waals surface area (Å²) >= 11 is -1.31. The van der Waals surface area contributed by atoms with E-state index in [1.165, 1.54) is 0 Å². The molecule has 4 rings (SSSR count). The minimum absolute atomic E-state index is 0.107. The maximum absolute atomic E-state index is 15.2. The zero-order valence-electron chi connectivity index (χ0n) is 27.9. The van der Waals surface area contributed by atoms with Crippen LogP contribution in [-0.2, 0) is 20.9 Å². The number of amides is 2. The smallest absolute Gasteiger partial charge is 0.286 e. The summed E-state index contributed by atoms with van der Waals surface area (Å²) in [6, 6.07) is -0.965. The van der Waals surface area contributed by atoms with Gasteiger partial charge in [-0.25, -0.2) is 18.8 Å². The highest BCUT2D eigenvalue weighted by molar-refractivity contribution is 7.99. The summed E-state index contributed by atoms with van der Waals surface area (Å²) in [7, 11) is 0. The van der Waals surface area contributed by atoms with Gasteiger partial charge in [0.25, 0.3) is 11.3 Å². The Labute approximate surface area is 316 Å². The number of carbonyl (C=O) groups excluding carboxylic acids is 2. The molecule has 2 N–H and O–H groups in total. The van der Waals surface area contributed by atoms with Crippen molar-refractivity contribution in [1.82, 2.24) is 10.6 Å². The number of hydrogen-bond acceptors (Lipinski definition) is 9. The summed E-state index contributed by atoms with van der Waals surface area (Å²) in [5.74, 6) is -14.1. The highest BCUT2D eigenvalue weighted by atomic mass is 32.2. The topological polar surface area (TPSA) is 132 Å². The van der Waals surface area contributed by atoms with Gasteiger partial charge in [-0.05, 0) is 60.4 Å². The van der Waals surface area contributed by atoms with Gasteiger partial charge in [-0.3, -0.25) is 20.2 Å². The van der Waals surface area contributed by atoms with Crippen molar-refractivity contribution in [2.24, 2.45) is 30.4 Å². The average molecular weight is 907 g/mol. The van der Waals surface area contributed by atoms with Crippen molar-refractivity contribution in [2.45, 2.75) is 72.7 Å². The number of nitrogens with one attached hydrogen (secondary N) is 2. The highest BCUT2D eigenvalue weighted by Gasteiger charge is 2.64. The fourth-order valence-corrected chi connectivity index (χ4v) is 6.51. The lowest BCUT2D eigenvalue weighted by Gasteiger charge is -2.32. The first-order chi connectivity index (χ1) is 26.5. The molecule has 0 aliphatic carbocycles. The molecule has 0 aromatic heterocycles. The van der Waals surface area contributed by atoms with E-state index in [0.717, 1.165) is 10.6 Å². The van der Waals surface area contributed by atoms with Crippen molar-refractivity contribution in [1.29, 1.82) is 0 Å². The van der Waals surface area contributed by atoms with Crippen LogP contribution in [0.25, 0.3) is 0 Å². The molecule has 2 aromatic rings. The molecule has 324 valence electrons. The molecule has 2 aliphatic heterocycles. The maximum atomic E-state index is 15.2. The Bertz CT molecular complexity index is 2000. The number of azo groups is 2. The molecular weight excluding hydrogens is 892 g/mol. The summed E-state index contributed by atoms with van der Waals surface area (Å²) in [5.41, 5.74) is -18.9. The standard InChI is InChI=1S/C28H14F20N8O2S/c1-7-3-13(29)11(21(27(43,44)45)51-19(53-55-21)49-17(57)25(37,38)39)5-9(7)15(23(31,32)33)59-16(24(34,35)36)10-6-12(14(30)4-8(10)2)22(28(46,47)48)52-20(54-56-22)50-18(58)26(40,41)42/h3-6,15-16H,1-2H3,(H,49,51,57)(H,50,52,58). The second-order valence-corrected chi connectivity index (χ2v) is 13.1. The van der Waals surface area contributed by atoms with E-state index < -0.39 is 139 Å². The molecule has 59 heavy (non-hydrogen) atoms. The fraction of sp³-hybridized carbons (Fsp3) is 0.429. The van der Waals surface area contributed by atoms with Crippen LogP contribution in [0.2, 0.25) is 0 Å². The molecule has 31 heteroatoms. The third kappa shape index (κ3) is 9.06. The van der Waals surface area contributed by atoms with Crippen LogP contribution in [0.4, 0.5) is 87.8 Å². The van der Waals surface area contributed by atoms with Gasteiger partial charge in [0, 0.05) is 11.1 Å². The normalized spacial score (nSPS) is 21.3. The Balaban J connectivity index is 1.92. The number of carbonyl (C=O) groups is 2. The van der Waals surface area contributed by atoms with Crippen molar-refractivity contribution in [3.05, 3.63) is 69.3 Å². The first-order valence-electron chi connectivity index (χ1n) is 14.8.